The lowest BCUT2D eigenvalue weighted by Gasteiger charge is -2.22. The minimum atomic E-state index is -0.140. The van der Waals surface area contributed by atoms with Crippen LogP contribution in [0.5, 0.6) is 0 Å². The Morgan fingerprint density at radius 3 is 2.64 bits per heavy atom. The molecule has 1 amide bonds. The molecule has 3 aromatic rings. The molecule has 8 heteroatoms. The number of anilines is 2. The zero-order valence-electron chi connectivity index (χ0n) is 16.7. The van der Waals surface area contributed by atoms with Gasteiger partial charge >= 0.3 is 0 Å². The summed E-state index contributed by atoms with van der Waals surface area (Å²) in [4.78, 5) is 19.6. The molecule has 1 aromatic carbocycles. The van der Waals surface area contributed by atoms with Crippen LogP contribution >= 0.6 is 11.3 Å². The Kier molecular flexibility index (Phi) is 4.74. The van der Waals surface area contributed by atoms with E-state index in [4.69, 9.17) is 10.1 Å². The van der Waals surface area contributed by atoms with Crippen LogP contribution < -0.4 is 15.5 Å². The third-order valence-corrected chi connectivity index (χ3v) is 5.41. The molecule has 2 N–H and O–H groups in total. The number of likely N-dealkylation sites (N-methyl/N-ethyl adjacent to an activating group) is 1. The number of hydrogen-bond donors (Lipinski definition) is 2. The first-order chi connectivity index (χ1) is 13.3. The SMILES string of the molecule is CN(CC(=O)NC1CC1)c1nn2c(NC(C)(C)C)c(-c3ccccc3)nc2s1. The summed E-state index contributed by atoms with van der Waals surface area (Å²) in [5.74, 6) is 0.905. The smallest absolute Gasteiger partial charge is 0.239 e. The number of benzene rings is 1. The van der Waals surface area contributed by atoms with Crippen LogP contribution in [-0.2, 0) is 4.79 Å². The third kappa shape index (κ3) is 4.11. The molecule has 0 radical (unpaired) electrons. The van der Waals surface area contributed by atoms with Gasteiger partial charge in [-0.05, 0) is 33.6 Å². The maximum atomic E-state index is 12.1. The second-order valence-corrected chi connectivity index (χ2v) is 9.26. The molecule has 28 heavy (non-hydrogen) atoms. The first-order valence-corrected chi connectivity index (χ1v) is 10.4. The molecule has 4 rings (SSSR count). The fraction of sp³-hybridized carbons (Fsp3) is 0.450. The molecule has 2 aromatic heterocycles. The van der Waals surface area contributed by atoms with Crippen molar-refractivity contribution in [3.63, 3.8) is 0 Å². The molecule has 1 aliphatic rings. The van der Waals surface area contributed by atoms with Gasteiger partial charge in [0.25, 0.3) is 0 Å². The van der Waals surface area contributed by atoms with E-state index in [1.54, 1.807) is 0 Å². The standard InChI is InChI=1S/C20H26N6OS/c1-20(2,3)23-17-16(13-8-6-5-7-9-13)22-18-26(17)24-19(28-18)25(4)12-15(27)21-14-10-11-14/h5-9,14,23H,10-12H2,1-4H3,(H,21,27). The molecule has 0 saturated heterocycles. The zero-order valence-corrected chi connectivity index (χ0v) is 17.5. The molecular formula is C20H26N6OS. The number of nitrogens with one attached hydrogen (secondary N) is 2. The van der Waals surface area contributed by atoms with Crippen LogP contribution in [0.3, 0.4) is 0 Å². The highest BCUT2D eigenvalue weighted by Gasteiger charge is 2.25. The van der Waals surface area contributed by atoms with E-state index in [2.05, 4.69) is 43.5 Å². The number of carbonyl (C=O) groups excluding carboxylic acids is 1. The fourth-order valence-electron chi connectivity index (χ4n) is 2.94. The summed E-state index contributed by atoms with van der Waals surface area (Å²) in [7, 11) is 1.89. The number of imidazole rings is 1. The van der Waals surface area contributed by atoms with Gasteiger partial charge in [0.1, 0.15) is 5.69 Å². The second kappa shape index (κ2) is 7.09. The van der Waals surface area contributed by atoms with Gasteiger partial charge in [0, 0.05) is 24.2 Å². The lowest BCUT2D eigenvalue weighted by molar-refractivity contribution is -0.119. The van der Waals surface area contributed by atoms with E-state index in [-0.39, 0.29) is 11.4 Å². The van der Waals surface area contributed by atoms with Gasteiger partial charge in [-0.1, -0.05) is 41.7 Å². The van der Waals surface area contributed by atoms with E-state index in [1.165, 1.54) is 11.3 Å². The van der Waals surface area contributed by atoms with E-state index in [1.807, 2.05) is 34.7 Å². The predicted octanol–water partition coefficient (Wildman–Crippen LogP) is 3.38. The molecule has 1 fully saturated rings. The summed E-state index contributed by atoms with van der Waals surface area (Å²) in [6.07, 6.45) is 2.18. The van der Waals surface area contributed by atoms with Crippen molar-refractivity contribution in [3.05, 3.63) is 30.3 Å². The Labute approximate surface area is 168 Å². The van der Waals surface area contributed by atoms with Gasteiger partial charge in [0.05, 0.1) is 6.54 Å². The first-order valence-electron chi connectivity index (χ1n) is 9.54. The van der Waals surface area contributed by atoms with E-state index < -0.39 is 0 Å². The van der Waals surface area contributed by atoms with Crippen LogP contribution in [0.1, 0.15) is 33.6 Å². The normalized spacial score (nSPS) is 14.3. The Balaban J connectivity index is 1.65. The summed E-state index contributed by atoms with van der Waals surface area (Å²) in [5, 5.41) is 12.1. The Bertz CT molecular complexity index is 983. The van der Waals surface area contributed by atoms with Gasteiger partial charge in [-0.25, -0.2) is 4.98 Å². The monoisotopic (exact) mass is 398 g/mol. The fourth-order valence-corrected chi connectivity index (χ4v) is 3.80. The van der Waals surface area contributed by atoms with Crippen LogP contribution in [0.4, 0.5) is 10.9 Å². The van der Waals surface area contributed by atoms with Crippen molar-refractivity contribution in [2.24, 2.45) is 0 Å². The Hall–Kier alpha value is -2.61. The van der Waals surface area contributed by atoms with Gasteiger partial charge in [-0.15, -0.1) is 5.10 Å². The molecular weight excluding hydrogens is 372 g/mol. The first kappa shape index (κ1) is 18.7. The van der Waals surface area contributed by atoms with Gasteiger partial charge in [-0.3, -0.25) is 4.79 Å². The highest BCUT2D eigenvalue weighted by Crippen LogP contribution is 2.34. The van der Waals surface area contributed by atoms with E-state index in [9.17, 15) is 4.79 Å². The van der Waals surface area contributed by atoms with Gasteiger partial charge < -0.3 is 15.5 Å². The number of nitrogens with zero attached hydrogens (tertiary/aromatic N) is 4. The van der Waals surface area contributed by atoms with Crippen molar-refractivity contribution >= 4 is 33.2 Å². The van der Waals surface area contributed by atoms with Crippen molar-refractivity contribution in [1.29, 1.82) is 0 Å². The van der Waals surface area contributed by atoms with Crippen LogP contribution in [0.2, 0.25) is 0 Å². The van der Waals surface area contributed by atoms with Crippen LogP contribution in [0.25, 0.3) is 16.2 Å². The minimum absolute atomic E-state index is 0.0378. The quantitative estimate of drug-likeness (QED) is 0.666. The number of carbonyl (C=O) groups is 1. The van der Waals surface area contributed by atoms with E-state index >= 15 is 0 Å². The van der Waals surface area contributed by atoms with Gasteiger partial charge in [0.2, 0.25) is 16.0 Å². The molecule has 148 valence electrons. The molecule has 0 bridgehead atoms. The van der Waals surface area contributed by atoms with Crippen LogP contribution in [0.15, 0.2) is 30.3 Å². The molecule has 7 nitrogen and oxygen atoms in total. The number of hydrogen-bond acceptors (Lipinski definition) is 6. The molecule has 0 spiro atoms. The Morgan fingerprint density at radius 2 is 2.00 bits per heavy atom. The van der Waals surface area contributed by atoms with Crippen molar-refractivity contribution in [2.75, 3.05) is 23.8 Å². The summed E-state index contributed by atoms with van der Waals surface area (Å²) < 4.78 is 1.85. The largest absolute Gasteiger partial charge is 0.364 e. The molecule has 0 unspecified atom stereocenters. The number of rotatable bonds is 6. The highest BCUT2D eigenvalue weighted by molar-refractivity contribution is 7.20. The number of amides is 1. The molecule has 0 aliphatic heterocycles. The average Bonchev–Trinajstić information content (AvgIpc) is 3.23. The second-order valence-electron chi connectivity index (χ2n) is 8.33. The van der Waals surface area contributed by atoms with Crippen molar-refractivity contribution < 1.29 is 4.79 Å². The zero-order chi connectivity index (χ0) is 19.9. The maximum absolute atomic E-state index is 12.1. The lowest BCUT2D eigenvalue weighted by Crippen LogP contribution is -2.36. The number of aromatic nitrogens is 3. The molecule has 1 saturated carbocycles. The van der Waals surface area contributed by atoms with Crippen LogP contribution in [0, 0.1) is 0 Å². The summed E-state index contributed by atoms with van der Waals surface area (Å²) >= 11 is 1.48. The Morgan fingerprint density at radius 1 is 1.29 bits per heavy atom. The topological polar surface area (TPSA) is 74.6 Å². The highest BCUT2D eigenvalue weighted by atomic mass is 32.1. The molecule has 2 heterocycles. The third-order valence-electron chi connectivity index (χ3n) is 4.38. The van der Waals surface area contributed by atoms with Gasteiger partial charge in [-0.2, -0.15) is 4.52 Å². The van der Waals surface area contributed by atoms with Gasteiger partial charge in [0.15, 0.2) is 5.82 Å². The van der Waals surface area contributed by atoms with Crippen molar-refractivity contribution in [1.82, 2.24) is 19.9 Å². The van der Waals surface area contributed by atoms with Crippen molar-refractivity contribution in [2.45, 2.75) is 45.2 Å². The molecule has 1 aliphatic carbocycles. The summed E-state index contributed by atoms with van der Waals surface area (Å²) in [6, 6.07) is 10.5. The maximum Gasteiger partial charge on any atom is 0.239 e. The summed E-state index contributed by atoms with van der Waals surface area (Å²) in [6.45, 7) is 6.63. The molecule has 0 atom stereocenters. The summed E-state index contributed by atoms with van der Waals surface area (Å²) in [5.41, 5.74) is 1.79. The van der Waals surface area contributed by atoms with Crippen LogP contribution in [-0.4, -0.2) is 45.7 Å². The minimum Gasteiger partial charge on any atom is -0.364 e. The predicted molar refractivity (Wildman–Crippen MR) is 114 cm³/mol. The average molecular weight is 399 g/mol. The van der Waals surface area contributed by atoms with E-state index in [0.717, 1.165) is 40.0 Å². The van der Waals surface area contributed by atoms with E-state index in [0.29, 0.717) is 12.6 Å². The lowest BCUT2D eigenvalue weighted by atomic mass is 10.1. The number of fused-ring (bicyclic) bond motifs is 1. The van der Waals surface area contributed by atoms with Crippen molar-refractivity contribution in [3.8, 4) is 11.3 Å².